The third-order valence-corrected chi connectivity index (χ3v) is 3.52. The van der Waals surface area contributed by atoms with Crippen molar-refractivity contribution in [1.29, 1.82) is 0 Å². The number of benzene rings is 1. The van der Waals surface area contributed by atoms with Crippen molar-refractivity contribution >= 4 is 0 Å². The number of ether oxygens (including phenoxy) is 1. The van der Waals surface area contributed by atoms with Gasteiger partial charge in [0.2, 0.25) is 0 Å². The van der Waals surface area contributed by atoms with Crippen molar-refractivity contribution in [3.8, 4) is 5.75 Å². The van der Waals surface area contributed by atoms with Crippen LogP contribution in [0.5, 0.6) is 5.75 Å². The monoisotopic (exact) mass is 249 g/mol. The van der Waals surface area contributed by atoms with Gasteiger partial charge in [0.05, 0.1) is 6.61 Å². The zero-order valence-corrected chi connectivity index (χ0v) is 12.2. The van der Waals surface area contributed by atoms with Gasteiger partial charge in [-0.3, -0.25) is 0 Å². The van der Waals surface area contributed by atoms with Gasteiger partial charge in [0.15, 0.2) is 0 Å². The van der Waals surface area contributed by atoms with Crippen molar-refractivity contribution < 1.29 is 4.74 Å². The minimum atomic E-state index is 0.421. The van der Waals surface area contributed by atoms with E-state index in [2.05, 4.69) is 44.3 Å². The molecule has 0 saturated heterocycles. The molecule has 0 amide bonds. The summed E-state index contributed by atoms with van der Waals surface area (Å²) in [6, 6.07) is 8.92. The molecule has 2 nitrogen and oxygen atoms in total. The molecular formula is C16H27NO. The predicted molar refractivity (Wildman–Crippen MR) is 78.1 cm³/mol. The Hall–Kier alpha value is -1.02. The highest BCUT2D eigenvalue weighted by molar-refractivity contribution is 5.31. The molecular weight excluding hydrogens is 222 g/mol. The number of rotatable bonds is 8. The second kappa shape index (κ2) is 8.15. The van der Waals surface area contributed by atoms with Crippen LogP contribution in [0.25, 0.3) is 0 Å². The van der Waals surface area contributed by atoms with E-state index in [4.69, 9.17) is 4.74 Å². The normalized spacial score (nSPS) is 12.7. The van der Waals surface area contributed by atoms with E-state index in [1.807, 2.05) is 13.1 Å². The zero-order valence-electron chi connectivity index (χ0n) is 12.2. The van der Waals surface area contributed by atoms with E-state index >= 15 is 0 Å². The van der Waals surface area contributed by atoms with Gasteiger partial charge < -0.3 is 10.1 Å². The van der Waals surface area contributed by atoms with E-state index in [9.17, 15) is 0 Å². The van der Waals surface area contributed by atoms with Gasteiger partial charge in [0, 0.05) is 6.04 Å². The first kappa shape index (κ1) is 15.0. The highest BCUT2D eigenvalue weighted by atomic mass is 16.5. The predicted octanol–water partition coefficient (Wildman–Crippen LogP) is 4.17. The Labute approximate surface area is 112 Å². The maximum Gasteiger partial charge on any atom is 0.119 e. The Balaban J connectivity index is 2.84. The first-order valence-electron chi connectivity index (χ1n) is 7.16. The molecule has 1 unspecified atom stereocenters. The first-order chi connectivity index (χ1) is 8.76. The molecule has 0 bridgehead atoms. The summed E-state index contributed by atoms with van der Waals surface area (Å²) < 4.78 is 5.71. The average molecular weight is 249 g/mol. The molecule has 0 aromatic heterocycles. The van der Waals surface area contributed by atoms with Crippen LogP contribution >= 0.6 is 0 Å². The standard InChI is InChI=1S/C16H27NO/c1-5-11-18-15-10-8-9-14(12-15)16(17-4)13(6-2)7-3/h8-10,12-13,16-17H,5-7,11H2,1-4H3. The molecule has 0 aliphatic rings. The van der Waals surface area contributed by atoms with Gasteiger partial charge in [-0.05, 0) is 37.1 Å². The van der Waals surface area contributed by atoms with Crippen LogP contribution in [0.15, 0.2) is 24.3 Å². The van der Waals surface area contributed by atoms with E-state index in [0.717, 1.165) is 18.8 Å². The Morgan fingerprint density at radius 1 is 1.17 bits per heavy atom. The van der Waals surface area contributed by atoms with Crippen molar-refractivity contribution in [3.63, 3.8) is 0 Å². The molecule has 0 aliphatic heterocycles. The SMILES string of the molecule is CCCOc1cccc(C(NC)C(CC)CC)c1. The summed E-state index contributed by atoms with van der Waals surface area (Å²) in [7, 11) is 2.04. The van der Waals surface area contributed by atoms with Gasteiger partial charge in [-0.15, -0.1) is 0 Å². The fourth-order valence-electron chi connectivity index (χ4n) is 2.45. The molecule has 0 radical (unpaired) electrons. The van der Waals surface area contributed by atoms with Crippen molar-refractivity contribution in [1.82, 2.24) is 5.32 Å². The lowest BCUT2D eigenvalue weighted by atomic mass is 9.89. The zero-order chi connectivity index (χ0) is 13.4. The van der Waals surface area contributed by atoms with Gasteiger partial charge in [-0.1, -0.05) is 45.7 Å². The fourth-order valence-corrected chi connectivity index (χ4v) is 2.45. The van der Waals surface area contributed by atoms with E-state index < -0.39 is 0 Å². The minimum absolute atomic E-state index is 0.421. The molecule has 2 heteroatoms. The van der Waals surface area contributed by atoms with E-state index in [-0.39, 0.29) is 0 Å². The van der Waals surface area contributed by atoms with Crippen molar-refractivity contribution in [2.24, 2.45) is 5.92 Å². The molecule has 1 aromatic carbocycles. The average Bonchev–Trinajstić information content (AvgIpc) is 2.42. The maximum atomic E-state index is 5.71. The maximum absolute atomic E-state index is 5.71. The molecule has 1 atom stereocenters. The lowest BCUT2D eigenvalue weighted by Gasteiger charge is -2.25. The topological polar surface area (TPSA) is 21.3 Å². The van der Waals surface area contributed by atoms with E-state index in [1.165, 1.54) is 18.4 Å². The van der Waals surface area contributed by atoms with Crippen LogP contribution in [-0.4, -0.2) is 13.7 Å². The summed E-state index contributed by atoms with van der Waals surface area (Å²) in [4.78, 5) is 0. The summed E-state index contributed by atoms with van der Waals surface area (Å²) in [5.41, 5.74) is 1.33. The fraction of sp³-hybridized carbons (Fsp3) is 0.625. The quantitative estimate of drug-likeness (QED) is 0.746. The third-order valence-electron chi connectivity index (χ3n) is 3.52. The van der Waals surface area contributed by atoms with Crippen LogP contribution in [0.2, 0.25) is 0 Å². The Bertz CT molecular complexity index is 334. The van der Waals surface area contributed by atoms with Crippen molar-refractivity contribution in [2.75, 3.05) is 13.7 Å². The molecule has 0 spiro atoms. The van der Waals surface area contributed by atoms with Crippen LogP contribution < -0.4 is 10.1 Å². The van der Waals surface area contributed by atoms with Crippen LogP contribution in [0.3, 0.4) is 0 Å². The molecule has 0 fully saturated rings. The summed E-state index contributed by atoms with van der Waals surface area (Å²) in [5.74, 6) is 1.66. The third kappa shape index (κ3) is 4.02. The molecule has 0 saturated carbocycles. The number of nitrogens with one attached hydrogen (secondary N) is 1. The number of hydrogen-bond donors (Lipinski definition) is 1. The molecule has 1 N–H and O–H groups in total. The Morgan fingerprint density at radius 2 is 1.89 bits per heavy atom. The van der Waals surface area contributed by atoms with Gasteiger partial charge in [0.25, 0.3) is 0 Å². The number of hydrogen-bond acceptors (Lipinski definition) is 2. The second-order valence-electron chi connectivity index (χ2n) is 4.76. The van der Waals surface area contributed by atoms with Gasteiger partial charge in [-0.25, -0.2) is 0 Å². The molecule has 1 rings (SSSR count). The van der Waals surface area contributed by atoms with E-state index in [1.54, 1.807) is 0 Å². The largest absolute Gasteiger partial charge is 0.494 e. The summed E-state index contributed by atoms with van der Waals surface area (Å²) >= 11 is 0. The second-order valence-corrected chi connectivity index (χ2v) is 4.76. The summed E-state index contributed by atoms with van der Waals surface area (Å²) in [6.07, 6.45) is 3.44. The molecule has 102 valence electrons. The summed E-state index contributed by atoms with van der Waals surface area (Å²) in [6.45, 7) is 7.44. The van der Waals surface area contributed by atoms with Crippen LogP contribution in [0.4, 0.5) is 0 Å². The van der Waals surface area contributed by atoms with E-state index in [0.29, 0.717) is 12.0 Å². The highest BCUT2D eigenvalue weighted by Gasteiger charge is 2.18. The van der Waals surface area contributed by atoms with Gasteiger partial charge in [-0.2, -0.15) is 0 Å². The van der Waals surface area contributed by atoms with Crippen molar-refractivity contribution in [2.45, 2.75) is 46.1 Å². The Morgan fingerprint density at radius 3 is 2.44 bits per heavy atom. The molecule has 18 heavy (non-hydrogen) atoms. The lowest BCUT2D eigenvalue weighted by molar-refractivity contribution is 0.314. The van der Waals surface area contributed by atoms with Gasteiger partial charge >= 0.3 is 0 Å². The molecule has 1 aromatic rings. The smallest absolute Gasteiger partial charge is 0.119 e. The first-order valence-corrected chi connectivity index (χ1v) is 7.16. The highest BCUT2D eigenvalue weighted by Crippen LogP contribution is 2.29. The minimum Gasteiger partial charge on any atom is -0.494 e. The van der Waals surface area contributed by atoms with Gasteiger partial charge in [0.1, 0.15) is 5.75 Å². The molecule has 0 heterocycles. The molecule has 0 aliphatic carbocycles. The van der Waals surface area contributed by atoms with Crippen LogP contribution in [-0.2, 0) is 0 Å². The Kier molecular flexibility index (Phi) is 6.81. The summed E-state index contributed by atoms with van der Waals surface area (Å²) in [5, 5.41) is 3.45. The van der Waals surface area contributed by atoms with Crippen molar-refractivity contribution in [3.05, 3.63) is 29.8 Å². The van der Waals surface area contributed by atoms with Crippen LogP contribution in [0, 0.1) is 5.92 Å². The lowest BCUT2D eigenvalue weighted by Crippen LogP contribution is -2.24. The van der Waals surface area contributed by atoms with Crippen LogP contribution in [0.1, 0.15) is 51.6 Å².